The van der Waals surface area contributed by atoms with Gasteiger partial charge in [-0.25, -0.2) is 0 Å². The summed E-state index contributed by atoms with van der Waals surface area (Å²) in [5.41, 5.74) is 0. The summed E-state index contributed by atoms with van der Waals surface area (Å²) in [6, 6.07) is 0. The maximum absolute atomic E-state index is 8.33. The molecule has 0 heterocycles. The van der Waals surface area contributed by atoms with E-state index >= 15 is 0 Å². The molecule has 0 saturated carbocycles. The number of hydrogen-bond acceptors (Lipinski definition) is 6. The van der Waals surface area contributed by atoms with Gasteiger partial charge in [0, 0.05) is 8.41 Å². The second-order valence-electron chi connectivity index (χ2n) is 0.500. The third kappa shape index (κ3) is 1990. The predicted molar refractivity (Wildman–Crippen MR) is 28.1 cm³/mol. The molecule has 0 bridgehead atoms. The molecule has 0 spiro atoms. The van der Waals surface area contributed by atoms with Crippen LogP contribution in [0.25, 0.3) is 0 Å². The van der Waals surface area contributed by atoms with E-state index < -0.39 is 12.3 Å². The molecule has 51 valence electrons. The third-order valence-electron chi connectivity index (χ3n) is 0. The number of carboxylic acid groups (broad SMARTS) is 4. The summed E-state index contributed by atoms with van der Waals surface area (Å²) >= 11 is 0. The summed E-state index contributed by atoms with van der Waals surface area (Å²) in [6.07, 6.45) is -4.67. The maximum atomic E-state index is 8.33. The van der Waals surface area contributed by atoms with Crippen LogP contribution in [0.2, 0.25) is 0 Å². The van der Waals surface area contributed by atoms with Crippen molar-refractivity contribution in [2.45, 2.75) is 0 Å². The summed E-state index contributed by atoms with van der Waals surface area (Å²) in [7, 11) is 0. The van der Waals surface area contributed by atoms with Crippen molar-refractivity contribution in [1.29, 1.82) is 0 Å². The van der Waals surface area contributed by atoms with Crippen molar-refractivity contribution in [1.82, 2.24) is 0 Å². The molecule has 0 fully saturated rings. The van der Waals surface area contributed by atoms with Crippen LogP contribution in [-0.2, 0) is 0 Å². The molecule has 0 unspecified atom stereocenters. The SMILES string of the molecule is O=C([O-])[O-].O=C([O-])[O-].[B].[Ca+2].[Mg+2]. The maximum Gasteiger partial charge on any atom is 2.00 e. The van der Waals surface area contributed by atoms with Crippen LogP contribution in [0.15, 0.2) is 0 Å². The Kier molecular flexibility index (Phi) is 61.0. The van der Waals surface area contributed by atoms with Crippen LogP contribution in [0.1, 0.15) is 0 Å². The first-order valence-corrected chi connectivity index (χ1v) is 1.22. The molecule has 0 aromatic carbocycles. The second-order valence-corrected chi connectivity index (χ2v) is 0.500. The van der Waals surface area contributed by atoms with Crippen molar-refractivity contribution in [3.63, 3.8) is 0 Å². The molecular weight excluding hydrogens is 195 g/mol. The van der Waals surface area contributed by atoms with E-state index in [1.165, 1.54) is 0 Å². The van der Waals surface area contributed by atoms with Crippen molar-refractivity contribution >= 4 is 81.5 Å². The molecule has 3 radical (unpaired) electrons. The van der Waals surface area contributed by atoms with E-state index in [0.717, 1.165) is 0 Å². The average molecular weight is 195 g/mol. The van der Waals surface area contributed by atoms with Crippen LogP contribution in [0.5, 0.6) is 0 Å². The quantitative estimate of drug-likeness (QED) is 0.354. The van der Waals surface area contributed by atoms with Crippen molar-refractivity contribution < 1.29 is 30.0 Å². The van der Waals surface area contributed by atoms with Gasteiger partial charge in [0.15, 0.2) is 0 Å². The van der Waals surface area contributed by atoms with Gasteiger partial charge in [0.2, 0.25) is 0 Å². The molecule has 0 N–H and O–H groups in total. The summed E-state index contributed by atoms with van der Waals surface area (Å²) in [5, 5.41) is 33.3. The Morgan fingerprint density at radius 1 is 0.818 bits per heavy atom. The largest absolute Gasteiger partial charge is 2.00 e. The predicted octanol–water partition coefficient (Wildman–Crippen LogP) is -6.04. The molecule has 0 aliphatic heterocycles. The first-order valence-electron chi connectivity index (χ1n) is 1.22. The number of hydrogen-bond donors (Lipinski definition) is 0. The standard InChI is InChI=1S/2CH2O3.B.Ca.Mg/c2*2-1(3)4;;;/h2*(H2,2,3,4);;;/q;;;2*+2/p-4. The van der Waals surface area contributed by atoms with E-state index in [9.17, 15) is 0 Å². The molecule has 9 heteroatoms. The summed E-state index contributed by atoms with van der Waals surface area (Å²) in [5.74, 6) is 0. The normalized spacial score (nSPS) is 4.36. The minimum Gasteiger partial charge on any atom is -0.652 e. The Bertz CT molecular complexity index is 78.6. The van der Waals surface area contributed by atoms with E-state index in [4.69, 9.17) is 30.0 Å². The molecule has 0 atom stereocenters. The molecule has 0 aromatic heterocycles. The zero-order valence-electron chi connectivity index (χ0n) is 5.44. The molecule has 6 nitrogen and oxygen atoms in total. The van der Waals surface area contributed by atoms with Gasteiger partial charge in [0.05, 0.1) is 0 Å². The van der Waals surface area contributed by atoms with Crippen LogP contribution in [0.4, 0.5) is 9.59 Å². The fourth-order valence-electron chi connectivity index (χ4n) is 0. The molecule has 0 aliphatic rings. The summed E-state index contributed by atoms with van der Waals surface area (Å²) < 4.78 is 0. The van der Waals surface area contributed by atoms with E-state index in [1.807, 2.05) is 0 Å². The molecule has 0 rings (SSSR count). The molecule has 11 heavy (non-hydrogen) atoms. The van der Waals surface area contributed by atoms with Gasteiger partial charge in [0.1, 0.15) is 0 Å². The van der Waals surface area contributed by atoms with Crippen LogP contribution >= 0.6 is 0 Å². The van der Waals surface area contributed by atoms with Gasteiger partial charge in [-0.1, -0.05) is 0 Å². The molecule has 0 aliphatic carbocycles. The number of rotatable bonds is 0. The van der Waals surface area contributed by atoms with Gasteiger partial charge < -0.3 is 30.0 Å². The zero-order valence-corrected chi connectivity index (χ0v) is 9.06. The van der Waals surface area contributed by atoms with Gasteiger partial charge in [0.25, 0.3) is 0 Å². The first-order chi connectivity index (χ1) is 3.46. The third-order valence-corrected chi connectivity index (χ3v) is 0. The smallest absolute Gasteiger partial charge is 0.652 e. The Hall–Kier alpha value is 0.631. The Labute approximate surface area is 110 Å². The topological polar surface area (TPSA) is 126 Å². The minimum atomic E-state index is -2.33. The van der Waals surface area contributed by atoms with Crippen LogP contribution in [0.3, 0.4) is 0 Å². The monoisotopic (exact) mass is 195 g/mol. The van der Waals surface area contributed by atoms with E-state index in [2.05, 4.69) is 0 Å². The van der Waals surface area contributed by atoms with Crippen LogP contribution in [0, 0.1) is 0 Å². The van der Waals surface area contributed by atoms with E-state index in [1.54, 1.807) is 0 Å². The Balaban J connectivity index is -0.0000000171. The van der Waals surface area contributed by atoms with Gasteiger partial charge in [-0.05, 0) is 12.3 Å². The van der Waals surface area contributed by atoms with Crippen molar-refractivity contribution in [2.24, 2.45) is 0 Å². The Morgan fingerprint density at radius 3 is 0.818 bits per heavy atom. The van der Waals surface area contributed by atoms with Crippen LogP contribution in [-0.4, -0.2) is 81.5 Å². The Morgan fingerprint density at radius 2 is 0.818 bits per heavy atom. The fourth-order valence-corrected chi connectivity index (χ4v) is 0. The minimum absolute atomic E-state index is 0. The van der Waals surface area contributed by atoms with Crippen molar-refractivity contribution in [3.05, 3.63) is 0 Å². The van der Waals surface area contributed by atoms with Gasteiger partial charge in [-0.3, -0.25) is 0 Å². The fraction of sp³-hybridized carbons (Fsp3) is 0. The molecule has 0 saturated heterocycles. The summed E-state index contributed by atoms with van der Waals surface area (Å²) in [4.78, 5) is 16.7. The van der Waals surface area contributed by atoms with Gasteiger partial charge in [-0.15, -0.1) is 0 Å². The van der Waals surface area contributed by atoms with Crippen molar-refractivity contribution in [3.8, 4) is 0 Å². The zero-order chi connectivity index (χ0) is 7.15. The van der Waals surface area contributed by atoms with Crippen LogP contribution < -0.4 is 20.4 Å². The number of carbonyl (C=O) groups is 2. The average Bonchev–Trinajstić information content (AvgIpc) is 1.25. The van der Waals surface area contributed by atoms with Gasteiger partial charge in [-0.2, -0.15) is 0 Å². The molecule has 0 amide bonds. The second kappa shape index (κ2) is 22.4. The number of carbonyl (C=O) groups excluding carboxylic acids is 2. The molecular formula is C2BCaMgO6. The van der Waals surface area contributed by atoms with Gasteiger partial charge >= 0.3 is 60.8 Å². The first kappa shape index (κ1) is 29.9. The van der Waals surface area contributed by atoms with Crippen molar-refractivity contribution in [2.75, 3.05) is 0 Å². The summed E-state index contributed by atoms with van der Waals surface area (Å²) in [6.45, 7) is 0. The van der Waals surface area contributed by atoms with E-state index in [-0.39, 0.29) is 69.2 Å². The molecule has 0 aromatic rings. The van der Waals surface area contributed by atoms with E-state index in [0.29, 0.717) is 0 Å².